The molecule has 4 heteroatoms. The lowest BCUT2D eigenvalue weighted by Crippen LogP contribution is -2.10. The van der Waals surface area contributed by atoms with Gasteiger partial charge in [-0.25, -0.2) is 4.79 Å². The molecule has 1 rings (SSSR count). The summed E-state index contributed by atoms with van der Waals surface area (Å²) in [6.45, 7) is 4.93. The summed E-state index contributed by atoms with van der Waals surface area (Å²) in [7, 11) is 1.55. The van der Waals surface area contributed by atoms with Crippen molar-refractivity contribution in [3.63, 3.8) is 0 Å². The van der Waals surface area contributed by atoms with E-state index in [1.165, 1.54) is 6.42 Å². The van der Waals surface area contributed by atoms with Crippen molar-refractivity contribution in [2.45, 2.75) is 39.5 Å². The molecule has 0 aliphatic carbocycles. The summed E-state index contributed by atoms with van der Waals surface area (Å²) in [6, 6.07) is 5.22. The molecule has 0 spiro atoms. The van der Waals surface area contributed by atoms with E-state index in [9.17, 15) is 4.79 Å². The summed E-state index contributed by atoms with van der Waals surface area (Å²) in [4.78, 5) is 12.1. The molecular weight excluding hydrogens is 256 g/mol. The van der Waals surface area contributed by atoms with Gasteiger partial charge in [-0.3, -0.25) is 0 Å². The molecular formula is C16H24O4. The normalized spacial score (nSPS) is 10.2. The molecule has 0 heterocycles. The number of rotatable bonds is 9. The number of hydrogen-bond acceptors (Lipinski definition) is 4. The Morgan fingerprint density at radius 2 is 1.95 bits per heavy atom. The van der Waals surface area contributed by atoms with Crippen LogP contribution in [-0.2, 0) is 4.74 Å². The number of benzene rings is 1. The topological polar surface area (TPSA) is 44.8 Å². The minimum Gasteiger partial charge on any atom is -0.493 e. The first kappa shape index (κ1) is 16.3. The van der Waals surface area contributed by atoms with Gasteiger partial charge in [-0.1, -0.05) is 32.3 Å². The van der Waals surface area contributed by atoms with Gasteiger partial charge in [-0.2, -0.15) is 0 Å². The van der Waals surface area contributed by atoms with E-state index in [-0.39, 0.29) is 5.97 Å². The fourth-order valence-electron chi connectivity index (χ4n) is 1.90. The van der Waals surface area contributed by atoms with Gasteiger partial charge in [0.1, 0.15) is 5.56 Å². The number of hydrogen-bond donors (Lipinski definition) is 0. The van der Waals surface area contributed by atoms with E-state index in [2.05, 4.69) is 6.92 Å². The predicted molar refractivity (Wildman–Crippen MR) is 78.6 cm³/mol. The number of carbonyl (C=O) groups is 1. The predicted octanol–water partition coefficient (Wildman–Crippen LogP) is 3.83. The quantitative estimate of drug-likeness (QED) is 0.509. The van der Waals surface area contributed by atoms with Crippen LogP contribution < -0.4 is 9.47 Å². The Balaban J connectivity index is 2.66. The molecule has 112 valence electrons. The van der Waals surface area contributed by atoms with Crippen molar-refractivity contribution in [1.29, 1.82) is 0 Å². The summed E-state index contributed by atoms with van der Waals surface area (Å²) >= 11 is 0. The SMILES string of the molecule is CCCCCCOC(=O)c1cccc(OC)c1OCC. The van der Waals surface area contributed by atoms with Gasteiger partial charge in [-0.15, -0.1) is 0 Å². The fourth-order valence-corrected chi connectivity index (χ4v) is 1.90. The highest BCUT2D eigenvalue weighted by atomic mass is 16.5. The lowest BCUT2D eigenvalue weighted by Gasteiger charge is -2.13. The lowest BCUT2D eigenvalue weighted by molar-refractivity contribution is 0.0492. The second-order valence-electron chi connectivity index (χ2n) is 4.47. The van der Waals surface area contributed by atoms with Crippen LogP contribution in [0.2, 0.25) is 0 Å². The molecule has 0 atom stereocenters. The maximum absolute atomic E-state index is 12.1. The average molecular weight is 280 g/mol. The molecule has 0 aliphatic heterocycles. The zero-order chi connectivity index (χ0) is 14.8. The highest BCUT2D eigenvalue weighted by Crippen LogP contribution is 2.31. The van der Waals surface area contributed by atoms with Crippen LogP contribution in [0.15, 0.2) is 18.2 Å². The molecule has 0 saturated heterocycles. The fraction of sp³-hybridized carbons (Fsp3) is 0.562. The van der Waals surface area contributed by atoms with Crippen molar-refractivity contribution in [3.05, 3.63) is 23.8 Å². The summed E-state index contributed by atoms with van der Waals surface area (Å²) in [5.41, 5.74) is 0.418. The van der Waals surface area contributed by atoms with E-state index < -0.39 is 0 Å². The number of unbranched alkanes of at least 4 members (excludes halogenated alkanes) is 3. The van der Waals surface area contributed by atoms with Crippen molar-refractivity contribution in [2.24, 2.45) is 0 Å². The summed E-state index contributed by atoms with van der Waals surface area (Å²) in [6.07, 6.45) is 4.31. The molecule has 0 N–H and O–H groups in total. The summed E-state index contributed by atoms with van der Waals surface area (Å²) in [5, 5.41) is 0. The standard InChI is InChI=1S/C16H24O4/c1-4-6-7-8-12-20-16(17)13-10-9-11-14(18-3)15(13)19-5-2/h9-11H,4-8,12H2,1-3H3. The maximum atomic E-state index is 12.1. The second-order valence-corrected chi connectivity index (χ2v) is 4.47. The van der Waals surface area contributed by atoms with Gasteiger partial charge in [0.2, 0.25) is 0 Å². The molecule has 1 aromatic carbocycles. The molecule has 4 nitrogen and oxygen atoms in total. The van der Waals surface area contributed by atoms with Gasteiger partial charge in [0.25, 0.3) is 0 Å². The van der Waals surface area contributed by atoms with Crippen molar-refractivity contribution >= 4 is 5.97 Å². The van der Waals surface area contributed by atoms with E-state index in [0.29, 0.717) is 30.3 Å². The van der Waals surface area contributed by atoms with Gasteiger partial charge >= 0.3 is 5.97 Å². The molecule has 0 saturated carbocycles. The summed E-state index contributed by atoms with van der Waals surface area (Å²) in [5.74, 6) is 0.646. The monoisotopic (exact) mass is 280 g/mol. The van der Waals surface area contributed by atoms with Gasteiger partial charge in [0.15, 0.2) is 11.5 Å². The van der Waals surface area contributed by atoms with Crippen molar-refractivity contribution in [2.75, 3.05) is 20.3 Å². The zero-order valence-electron chi connectivity index (χ0n) is 12.6. The molecule has 0 aliphatic rings. The molecule has 0 aromatic heterocycles. The highest BCUT2D eigenvalue weighted by Gasteiger charge is 2.17. The van der Waals surface area contributed by atoms with Crippen LogP contribution in [0.25, 0.3) is 0 Å². The van der Waals surface area contributed by atoms with E-state index in [1.807, 2.05) is 6.92 Å². The Hall–Kier alpha value is -1.71. The first-order chi connectivity index (χ1) is 9.74. The minimum absolute atomic E-state index is 0.358. The van der Waals surface area contributed by atoms with Gasteiger partial charge in [0.05, 0.1) is 20.3 Å². The number of methoxy groups -OCH3 is 1. The van der Waals surface area contributed by atoms with Crippen molar-refractivity contribution in [1.82, 2.24) is 0 Å². The third-order valence-corrected chi connectivity index (χ3v) is 2.94. The van der Waals surface area contributed by atoms with Crippen molar-refractivity contribution in [3.8, 4) is 11.5 Å². The Kier molecular flexibility index (Phi) is 7.55. The molecule has 1 aromatic rings. The van der Waals surface area contributed by atoms with E-state index in [4.69, 9.17) is 14.2 Å². The highest BCUT2D eigenvalue weighted by molar-refractivity contribution is 5.93. The first-order valence-corrected chi connectivity index (χ1v) is 7.21. The van der Waals surface area contributed by atoms with Crippen LogP contribution in [0.5, 0.6) is 11.5 Å². The average Bonchev–Trinajstić information content (AvgIpc) is 2.47. The third-order valence-electron chi connectivity index (χ3n) is 2.94. The van der Waals surface area contributed by atoms with Crippen LogP contribution >= 0.6 is 0 Å². The smallest absolute Gasteiger partial charge is 0.342 e. The van der Waals surface area contributed by atoms with Crippen LogP contribution in [0.4, 0.5) is 0 Å². The maximum Gasteiger partial charge on any atom is 0.342 e. The lowest BCUT2D eigenvalue weighted by atomic mass is 10.2. The Morgan fingerprint density at radius 3 is 2.60 bits per heavy atom. The number of esters is 1. The minimum atomic E-state index is -0.358. The number of para-hydroxylation sites is 1. The van der Waals surface area contributed by atoms with Crippen LogP contribution in [0.3, 0.4) is 0 Å². The molecule has 0 unspecified atom stereocenters. The van der Waals surface area contributed by atoms with E-state index in [0.717, 1.165) is 19.3 Å². The second kappa shape index (κ2) is 9.23. The van der Waals surface area contributed by atoms with Crippen LogP contribution in [0, 0.1) is 0 Å². The molecule has 0 bridgehead atoms. The molecule has 0 radical (unpaired) electrons. The Bertz CT molecular complexity index is 415. The van der Waals surface area contributed by atoms with Crippen molar-refractivity contribution < 1.29 is 19.0 Å². The molecule has 20 heavy (non-hydrogen) atoms. The summed E-state index contributed by atoms with van der Waals surface area (Å²) < 4.78 is 16.0. The first-order valence-electron chi connectivity index (χ1n) is 7.21. The van der Waals surface area contributed by atoms with Gasteiger partial charge < -0.3 is 14.2 Å². The van der Waals surface area contributed by atoms with E-state index in [1.54, 1.807) is 25.3 Å². The van der Waals surface area contributed by atoms with Crippen LogP contribution in [-0.4, -0.2) is 26.3 Å². The van der Waals surface area contributed by atoms with Gasteiger partial charge in [0, 0.05) is 0 Å². The number of carbonyl (C=O) groups excluding carboxylic acids is 1. The zero-order valence-corrected chi connectivity index (χ0v) is 12.6. The molecule has 0 fully saturated rings. The van der Waals surface area contributed by atoms with Crippen LogP contribution in [0.1, 0.15) is 49.9 Å². The Labute approximate surface area is 121 Å². The number of ether oxygens (including phenoxy) is 3. The van der Waals surface area contributed by atoms with Gasteiger partial charge in [-0.05, 0) is 25.5 Å². The Morgan fingerprint density at radius 1 is 1.15 bits per heavy atom. The third kappa shape index (κ3) is 4.76. The molecule has 0 amide bonds. The van der Waals surface area contributed by atoms with E-state index >= 15 is 0 Å². The largest absolute Gasteiger partial charge is 0.493 e.